The Bertz CT molecular complexity index is 2190. The van der Waals surface area contributed by atoms with E-state index in [1.54, 1.807) is 55.4 Å². The van der Waals surface area contributed by atoms with Crippen molar-refractivity contribution in [2.45, 2.75) is 206 Å². The average molecular weight is 1160 g/mol. The van der Waals surface area contributed by atoms with Gasteiger partial charge in [-0.25, -0.2) is 0 Å². The van der Waals surface area contributed by atoms with Crippen LogP contribution in [0, 0.1) is 22.7 Å². The number of carbonyl (C=O) groups excluding carboxylic acids is 4. The quantitative estimate of drug-likeness (QED) is 0.0460. The Morgan fingerprint density at radius 3 is 1.02 bits per heavy atom. The fourth-order valence-electron chi connectivity index (χ4n) is 5.87. The van der Waals surface area contributed by atoms with Crippen LogP contribution in [0.25, 0.3) is 0 Å². The summed E-state index contributed by atoms with van der Waals surface area (Å²) in [7, 11) is 0. The lowest BCUT2D eigenvalue weighted by atomic mass is 9.97. The van der Waals surface area contributed by atoms with Crippen molar-refractivity contribution in [2.24, 2.45) is 50.9 Å². The number of nitrogens with zero attached hydrogens (tertiary/aromatic N) is 12. The molecule has 30 heteroatoms. The van der Waals surface area contributed by atoms with E-state index in [4.69, 9.17) is 41.2 Å². The lowest BCUT2D eigenvalue weighted by Crippen LogP contribution is -2.48. The van der Waals surface area contributed by atoms with E-state index in [0.29, 0.717) is 12.8 Å². The number of nitrogens with one attached hydrogen (secondary N) is 6. The summed E-state index contributed by atoms with van der Waals surface area (Å²) in [6, 6.07) is 3.02. The van der Waals surface area contributed by atoms with Crippen molar-refractivity contribution in [2.75, 3.05) is 65.7 Å². The molecule has 2 rings (SSSR count). The van der Waals surface area contributed by atoms with Crippen LogP contribution in [-0.4, -0.2) is 200 Å². The molecule has 0 spiro atoms. The van der Waals surface area contributed by atoms with Crippen LogP contribution in [0.4, 0.5) is 0 Å². The molecule has 2 aliphatic heterocycles. The zero-order chi connectivity index (χ0) is 63.8. The molecule has 0 fully saturated rings. The van der Waals surface area contributed by atoms with Crippen molar-refractivity contribution >= 4 is 47.2 Å². The van der Waals surface area contributed by atoms with Gasteiger partial charge < -0.3 is 62.5 Å². The number of carboxylic acid groups (broad SMARTS) is 2. The molecule has 4 amide bonds. The van der Waals surface area contributed by atoms with Gasteiger partial charge in [0, 0.05) is 39.0 Å². The van der Waals surface area contributed by atoms with Gasteiger partial charge in [0.1, 0.15) is 22.7 Å². The minimum atomic E-state index is -1.35. The van der Waals surface area contributed by atoms with Gasteiger partial charge in [0.2, 0.25) is 23.6 Å². The Morgan fingerprint density at radius 2 is 0.805 bits per heavy atom. The van der Waals surface area contributed by atoms with Crippen molar-refractivity contribution in [3.8, 4) is 12.1 Å². The number of aliphatic imine (C=N–C) groups is 2. The molecule has 464 valence electrons. The van der Waals surface area contributed by atoms with E-state index in [1.165, 1.54) is 13.8 Å². The minimum Gasteiger partial charge on any atom is -0.481 e. The molecule has 2 heterocycles. The van der Waals surface area contributed by atoms with Crippen molar-refractivity contribution in [1.82, 2.24) is 31.9 Å². The summed E-state index contributed by atoms with van der Waals surface area (Å²) in [4.78, 5) is 77.8. The first-order chi connectivity index (χ1) is 37.8. The van der Waals surface area contributed by atoms with Gasteiger partial charge in [0.05, 0.1) is 63.7 Å². The van der Waals surface area contributed by atoms with E-state index in [2.05, 4.69) is 82.8 Å². The lowest BCUT2D eigenvalue weighted by molar-refractivity contribution is -0.138. The second-order valence-corrected chi connectivity index (χ2v) is 22.5. The second kappa shape index (κ2) is 35.8. The number of amides is 4. The standard InChI is InChI=1S/C16H32N4O4.C12H22N6.C12H24N4O4.C12H16N4O4/c1-7-11(9-21)17-13(23)15(3,4)19-20-16(5,6)14(24)18-12(8-2)10-22;1-11(2,9-13-5-6-14-9)17-18-12(3,4)10-15-7-8-16-10;1-11(2,9(19)13-5-7-17)15-16-12(3,4)10(20)14-6-8-18;1-11(7-13,5-3-9(17)18)15-16-12(2,8-14)6-4-10(19)20/h11-12,21-22H,7-10H2,1-6H3,(H,17,23)(H,18,24);5-8H2,1-4H3,(H,13,14)(H,15,16);17-18H,5-8H2,1-4H3,(H,13,19)(H,14,20);3-6H2,1-2H3,(H,17,18)(H,19,20). The van der Waals surface area contributed by atoms with Gasteiger partial charge in [-0.15, -0.1) is 0 Å². The molecule has 0 aromatic rings. The number of hydrogen-bond donors (Lipinski definition) is 12. The van der Waals surface area contributed by atoms with Crippen LogP contribution < -0.4 is 31.9 Å². The molecule has 12 N–H and O–H groups in total. The molecular formula is C52H94N18O12. The first-order valence-electron chi connectivity index (χ1n) is 27.0. The van der Waals surface area contributed by atoms with Gasteiger partial charge in [-0.3, -0.25) is 38.8 Å². The molecule has 0 aromatic carbocycles. The van der Waals surface area contributed by atoms with Gasteiger partial charge in [0.15, 0.2) is 33.2 Å². The fourth-order valence-corrected chi connectivity index (χ4v) is 5.87. The molecule has 0 aromatic heterocycles. The predicted octanol–water partition coefficient (Wildman–Crippen LogP) is 2.71. The van der Waals surface area contributed by atoms with Crippen LogP contribution in [0.3, 0.4) is 0 Å². The molecule has 0 aliphatic carbocycles. The molecule has 0 radical (unpaired) electrons. The Morgan fingerprint density at radius 1 is 0.512 bits per heavy atom. The Balaban J connectivity index is 0. The minimum absolute atomic E-state index is 0.0389. The maximum atomic E-state index is 12.2. The van der Waals surface area contributed by atoms with Crippen molar-refractivity contribution in [3.05, 3.63) is 0 Å². The van der Waals surface area contributed by atoms with Gasteiger partial charge in [-0.1, -0.05) is 13.8 Å². The molecule has 0 saturated carbocycles. The summed E-state index contributed by atoms with van der Waals surface area (Å²) in [5.41, 5.74) is -8.09. The van der Waals surface area contributed by atoms with Gasteiger partial charge >= 0.3 is 11.9 Å². The van der Waals surface area contributed by atoms with E-state index < -0.39 is 56.3 Å². The largest absolute Gasteiger partial charge is 0.481 e. The summed E-state index contributed by atoms with van der Waals surface area (Å²) in [5, 5.41) is 120. The Kier molecular flexibility index (Phi) is 33.6. The van der Waals surface area contributed by atoms with E-state index in [-0.39, 0.29) is 101 Å². The summed E-state index contributed by atoms with van der Waals surface area (Å²) >= 11 is 0. The van der Waals surface area contributed by atoms with E-state index in [1.807, 2.05) is 53.7 Å². The molecule has 0 saturated heterocycles. The molecule has 4 atom stereocenters. The fraction of sp³-hybridized carbons (Fsp3) is 0.808. The molecule has 0 bridgehead atoms. The first kappa shape index (κ1) is 77.0. The van der Waals surface area contributed by atoms with E-state index in [9.17, 15) is 28.8 Å². The van der Waals surface area contributed by atoms with E-state index in [0.717, 1.165) is 37.9 Å². The van der Waals surface area contributed by atoms with Crippen LogP contribution in [0.2, 0.25) is 0 Å². The van der Waals surface area contributed by atoms with Crippen LogP contribution in [-0.2, 0) is 28.8 Å². The Labute approximate surface area is 482 Å². The number of amidine groups is 2. The number of nitriles is 2. The lowest BCUT2D eigenvalue weighted by Gasteiger charge is -2.25. The summed E-state index contributed by atoms with van der Waals surface area (Å²) in [6.07, 6.45) is 0.625. The normalized spacial score (nSPS) is 16.1. The average Bonchev–Trinajstić information content (AvgIpc) is 4.20. The maximum absolute atomic E-state index is 12.2. The van der Waals surface area contributed by atoms with E-state index >= 15 is 0 Å². The number of carbonyl (C=O) groups is 6. The summed E-state index contributed by atoms with van der Waals surface area (Å²) < 4.78 is 0. The molecule has 4 unspecified atom stereocenters. The topological polar surface area (TPSA) is 467 Å². The Hall–Kier alpha value is -7.02. The maximum Gasteiger partial charge on any atom is 0.303 e. The summed E-state index contributed by atoms with van der Waals surface area (Å²) in [6.45, 7) is 30.3. The molecule has 82 heavy (non-hydrogen) atoms. The SMILES string of the molecule is CC(C#N)(CCC(=O)O)N=NC(C)(C#N)CCC(=O)O.CC(C)(N=NC(C)(C)C(=O)NCCO)C(=O)NCCO.CC(C)(N=NC(C)(C)C1=NCCN1)C1=NCCN1.CCC(CO)NC(=O)C(C)(C)N=NC(C)(C)C(=O)NC(CC)CO. The second-order valence-electron chi connectivity index (χ2n) is 22.5. The van der Waals surface area contributed by atoms with Crippen LogP contribution >= 0.6 is 0 Å². The number of rotatable bonds is 30. The zero-order valence-corrected chi connectivity index (χ0v) is 51.0. The van der Waals surface area contributed by atoms with Crippen molar-refractivity contribution in [1.29, 1.82) is 10.5 Å². The first-order valence-corrected chi connectivity index (χ1v) is 27.0. The highest BCUT2D eigenvalue weighted by atomic mass is 16.4. The van der Waals surface area contributed by atoms with Crippen LogP contribution in [0.5, 0.6) is 0 Å². The number of carboxylic acids is 2. The predicted molar refractivity (Wildman–Crippen MR) is 305 cm³/mol. The highest BCUT2D eigenvalue weighted by molar-refractivity contribution is 5.93. The number of aliphatic hydroxyl groups excluding tert-OH is 4. The third kappa shape index (κ3) is 29.6. The molecular weight excluding hydrogens is 1070 g/mol. The third-order valence-corrected chi connectivity index (χ3v) is 11.9. The zero-order valence-electron chi connectivity index (χ0n) is 51.0. The number of aliphatic carboxylic acids is 2. The molecule has 2 aliphatic rings. The van der Waals surface area contributed by atoms with Crippen molar-refractivity contribution in [3.63, 3.8) is 0 Å². The van der Waals surface area contributed by atoms with Crippen LogP contribution in [0.15, 0.2) is 50.9 Å². The monoisotopic (exact) mass is 1160 g/mol. The van der Waals surface area contributed by atoms with Gasteiger partial charge in [0.25, 0.3) is 0 Å². The third-order valence-electron chi connectivity index (χ3n) is 11.9. The molecule has 30 nitrogen and oxygen atoms in total. The summed E-state index contributed by atoms with van der Waals surface area (Å²) in [5.74, 6) is -1.79. The highest BCUT2D eigenvalue weighted by Gasteiger charge is 2.36. The van der Waals surface area contributed by atoms with Gasteiger partial charge in [-0.05, 0) is 123 Å². The van der Waals surface area contributed by atoms with Crippen molar-refractivity contribution < 1.29 is 59.4 Å². The highest BCUT2D eigenvalue weighted by Crippen LogP contribution is 2.24. The number of aliphatic hydroxyl groups is 4. The van der Waals surface area contributed by atoms with Gasteiger partial charge in [-0.2, -0.15) is 51.4 Å². The van der Waals surface area contributed by atoms with Crippen LogP contribution in [0.1, 0.15) is 149 Å². The number of azo groups is 4. The smallest absolute Gasteiger partial charge is 0.303 e. The number of hydrogen-bond acceptors (Lipinski definition) is 24.